The van der Waals surface area contributed by atoms with Crippen molar-refractivity contribution in [3.8, 4) is 0 Å². The van der Waals surface area contributed by atoms with Crippen LogP contribution >= 0.6 is 23.6 Å². The number of aliphatic hydroxyl groups is 1. The number of benzene rings is 2. The predicted molar refractivity (Wildman–Crippen MR) is 87.3 cm³/mol. The Balaban J connectivity index is 1.91. The minimum Gasteiger partial charge on any atom is -0.392 e. The summed E-state index contributed by atoms with van der Waals surface area (Å²) in [7, 11) is 0. The van der Waals surface area contributed by atoms with Crippen LogP contribution in [0.5, 0.6) is 0 Å². The van der Waals surface area contributed by atoms with Crippen LogP contribution < -0.4 is 5.32 Å². The number of nitrogens with one attached hydrogen (secondary N) is 2. The summed E-state index contributed by atoms with van der Waals surface area (Å²) in [5.74, 6) is -0.193. The molecule has 0 atom stereocenters. The third kappa shape index (κ3) is 2.87. The van der Waals surface area contributed by atoms with Gasteiger partial charge in [0.05, 0.1) is 22.4 Å². The fourth-order valence-corrected chi connectivity index (χ4v) is 3.19. The standard InChI is InChI=1S/C15H12N2O2S2/c18-8-9-4-6-10(7-5-9)16-14(19)11-2-1-3-12-13(11)17-15(20)21-12/h1-7,18H,8H2,(H,16,19)(H,17,20). The van der Waals surface area contributed by atoms with Crippen molar-refractivity contribution < 1.29 is 9.90 Å². The zero-order valence-electron chi connectivity index (χ0n) is 10.9. The Bertz CT molecular complexity index is 850. The molecule has 0 saturated carbocycles. The van der Waals surface area contributed by atoms with Gasteiger partial charge < -0.3 is 15.4 Å². The van der Waals surface area contributed by atoms with Crippen LogP contribution in [0.2, 0.25) is 0 Å². The lowest BCUT2D eigenvalue weighted by molar-refractivity contribution is 0.102. The van der Waals surface area contributed by atoms with E-state index in [9.17, 15) is 4.79 Å². The van der Waals surface area contributed by atoms with E-state index in [0.29, 0.717) is 15.2 Å². The summed E-state index contributed by atoms with van der Waals surface area (Å²) in [6.07, 6.45) is 0. The Kier molecular flexibility index (Phi) is 3.83. The molecule has 0 aliphatic rings. The van der Waals surface area contributed by atoms with Crippen molar-refractivity contribution in [2.24, 2.45) is 0 Å². The van der Waals surface area contributed by atoms with E-state index in [1.165, 1.54) is 11.3 Å². The van der Waals surface area contributed by atoms with Crippen molar-refractivity contribution >= 4 is 45.4 Å². The van der Waals surface area contributed by atoms with Gasteiger partial charge in [-0.3, -0.25) is 4.79 Å². The molecule has 1 heterocycles. The Morgan fingerprint density at radius 1 is 1.24 bits per heavy atom. The van der Waals surface area contributed by atoms with E-state index in [1.807, 2.05) is 12.1 Å². The summed E-state index contributed by atoms with van der Waals surface area (Å²) in [4.78, 5) is 15.4. The van der Waals surface area contributed by atoms with Gasteiger partial charge in [0.2, 0.25) is 0 Å². The number of aromatic amines is 1. The Hall–Kier alpha value is -2.02. The Morgan fingerprint density at radius 3 is 2.71 bits per heavy atom. The zero-order valence-corrected chi connectivity index (χ0v) is 12.6. The molecule has 0 spiro atoms. The van der Waals surface area contributed by atoms with Crippen LogP contribution in [0.3, 0.4) is 0 Å². The van der Waals surface area contributed by atoms with Gasteiger partial charge in [-0.1, -0.05) is 18.2 Å². The van der Waals surface area contributed by atoms with Gasteiger partial charge in [0.25, 0.3) is 5.91 Å². The number of carbonyl (C=O) groups excluding carboxylic acids is 1. The van der Waals surface area contributed by atoms with E-state index in [0.717, 1.165) is 15.8 Å². The van der Waals surface area contributed by atoms with Crippen LogP contribution in [0, 0.1) is 3.95 Å². The second-order valence-electron chi connectivity index (χ2n) is 4.50. The summed E-state index contributed by atoms with van der Waals surface area (Å²) < 4.78 is 1.61. The summed E-state index contributed by atoms with van der Waals surface area (Å²) in [6.45, 7) is -0.0149. The first-order valence-corrected chi connectivity index (χ1v) is 7.53. The van der Waals surface area contributed by atoms with Gasteiger partial charge in [-0.25, -0.2) is 0 Å². The zero-order chi connectivity index (χ0) is 14.8. The number of carbonyl (C=O) groups is 1. The minimum atomic E-state index is -0.193. The first-order valence-electron chi connectivity index (χ1n) is 6.30. The topological polar surface area (TPSA) is 65.1 Å². The van der Waals surface area contributed by atoms with Gasteiger partial charge in [-0.2, -0.15) is 0 Å². The Morgan fingerprint density at radius 2 is 2.00 bits per heavy atom. The molecule has 21 heavy (non-hydrogen) atoms. The first kappa shape index (κ1) is 13.9. The van der Waals surface area contributed by atoms with E-state index < -0.39 is 0 Å². The molecule has 0 bridgehead atoms. The molecule has 6 heteroatoms. The molecule has 0 radical (unpaired) electrons. The number of anilines is 1. The number of fused-ring (bicyclic) bond motifs is 1. The van der Waals surface area contributed by atoms with Gasteiger partial charge in [0, 0.05) is 5.69 Å². The van der Waals surface area contributed by atoms with E-state index in [-0.39, 0.29) is 12.5 Å². The molecule has 0 saturated heterocycles. The molecule has 0 aliphatic heterocycles. The maximum atomic E-state index is 12.4. The van der Waals surface area contributed by atoms with Crippen molar-refractivity contribution in [2.75, 3.05) is 5.32 Å². The van der Waals surface area contributed by atoms with Crippen molar-refractivity contribution in [2.45, 2.75) is 6.61 Å². The van der Waals surface area contributed by atoms with E-state index in [2.05, 4.69) is 10.3 Å². The minimum absolute atomic E-state index is 0.0149. The maximum Gasteiger partial charge on any atom is 0.257 e. The molecule has 3 aromatic rings. The maximum absolute atomic E-state index is 12.4. The average Bonchev–Trinajstić information content (AvgIpc) is 2.87. The van der Waals surface area contributed by atoms with E-state index >= 15 is 0 Å². The SMILES string of the molecule is O=C(Nc1ccc(CO)cc1)c1cccc2sc(=S)[nH]c12. The van der Waals surface area contributed by atoms with Gasteiger partial charge >= 0.3 is 0 Å². The number of aromatic nitrogens is 1. The fourth-order valence-electron chi connectivity index (χ4n) is 2.05. The quantitative estimate of drug-likeness (QED) is 0.646. The summed E-state index contributed by atoms with van der Waals surface area (Å²) in [6, 6.07) is 12.6. The molecular weight excluding hydrogens is 304 g/mol. The number of hydrogen-bond acceptors (Lipinski definition) is 4. The number of amides is 1. The molecule has 106 valence electrons. The van der Waals surface area contributed by atoms with Gasteiger partial charge in [-0.05, 0) is 42.0 Å². The van der Waals surface area contributed by atoms with Crippen LogP contribution in [0.25, 0.3) is 10.2 Å². The lowest BCUT2D eigenvalue weighted by atomic mass is 10.1. The number of hydrogen-bond donors (Lipinski definition) is 3. The second-order valence-corrected chi connectivity index (χ2v) is 6.22. The smallest absolute Gasteiger partial charge is 0.257 e. The largest absolute Gasteiger partial charge is 0.392 e. The van der Waals surface area contributed by atoms with Gasteiger partial charge in [0.1, 0.15) is 0 Å². The molecule has 2 aromatic carbocycles. The monoisotopic (exact) mass is 316 g/mol. The number of thiazole rings is 1. The molecule has 1 amide bonds. The van der Waals surface area contributed by atoms with Crippen molar-refractivity contribution in [1.82, 2.24) is 4.98 Å². The highest BCUT2D eigenvalue weighted by Gasteiger charge is 2.11. The van der Waals surface area contributed by atoms with E-state index in [4.69, 9.17) is 17.3 Å². The molecule has 3 N–H and O–H groups in total. The number of aliphatic hydroxyl groups excluding tert-OH is 1. The molecule has 0 aliphatic carbocycles. The molecule has 1 aromatic heterocycles. The van der Waals surface area contributed by atoms with Crippen molar-refractivity contribution in [3.05, 3.63) is 57.5 Å². The normalized spacial score (nSPS) is 10.7. The molecule has 0 unspecified atom stereocenters. The number of para-hydroxylation sites is 1. The van der Waals surface area contributed by atoms with Crippen molar-refractivity contribution in [3.63, 3.8) is 0 Å². The van der Waals surface area contributed by atoms with Crippen LogP contribution in [0.4, 0.5) is 5.69 Å². The van der Waals surface area contributed by atoms with Gasteiger partial charge in [0.15, 0.2) is 3.95 Å². The molecular formula is C15H12N2O2S2. The van der Waals surface area contributed by atoms with Crippen LogP contribution in [-0.4, -0.2) is 16.0 Å². The Labute approximate surface area is 130 Å². The fraction of sp³-hybridized carbons (Fsp3) is 0.0667. The van der Waals surface area contributed by atoms with Crippen LogP contribution in [0.1, 0.15) is 15.9 Å². The van der Waals surface area contributed by atoms with Crippen LogP contribution in [-0.2, 0) is 6.61 Å². The number of H-pyrrole nitrogens is 1. The van der Waals surface area contributed by atoms with Crippen LogP contribution in [0.15, 0.2) is 42.5 Å². The summed E-state index contributed by atoms with van der Waals surface area (Å²) in [5.41, 5.74) is 2.81. The average molecular weight is 316 g/mol. The highest BCUT2D eigenvalue weighted by Crippen LogP contribution is 2.23. The summed E-state index contributed by atoms with van der Waals surface area (Å²) in [5, 5.41) is 11.8. The molecule has 3 rings (SSSR count). The third-order valence-corrected chi connectivity index (χ3v) is 4.29. The van der Waals surface area contributed by atoms with Gasteiger partial charge in [-0.15, -0.1) is 11.3 Å². The third-order valence-electron chi connectivity index (χ3n) is 3.09. The van der Waals surface area contributed by atoms with E-state index in [1.54, 1.807) is 30.3 Å². The second kappa shape index (κ2) is 5.77. The highest BCUT2D eigenvalue weighted by atomic mass is 32.1. The number of rotatable bonds is 3. The summed E-state index contributed by atoms with van der Waals surface area (Å²) >= 11 is 6.57. The lowest BCUT2D eigenvalue weighted by Gasteiger charge is -2.06. The lowest BCUT2D eigenvalue weighted by Crippen LogP contribution is -2.12. The van der Waals surface area contributed by atoms with Crippen molar-refractivity contribution in [1.29, 1.82) is 0 Å². The predicted octanol–water partition coefficient (Wildman–Crippen LogP) is 3.70. The molecule has 4 nitrogen and oxygen atoms in total. The highest BCUT2D eigenvalue weighted by molar-refractivity contribution is 7.73. The molecule has 0 fully saturated rings. The first-order chi connectivity index (χ1) is 10.2.